The number of rotatable bonds is 4. The van der Waals surface area contributed by atoms with Gasteiger partial charge in [0.1, 0.15) is 11.5 Å². The lowest BCUT2D eigenvalue weighted by Crippen LogP contribution is -1.94. The molecule has 0 saturated heterocycles. The first-order valence-corrected chi connectivity index (χ1v) is 5.83. The average Bonchev–Trinajstić information content (AvgIpc) is 2.46. The quantitative estimate of drug-likeness (QED) is 0.918. The maximum Gasteiger partial charge on any atom is 0.184 e. The second-order valence-electron chi connectivity index (χ2n) is 4.01. The zero-order valence-corrected chi connectivity index (χ0v) is 10.8. The van der Waals surface area contributed by atoms with Gasteiger partial charge in [-0.2, -0.15) is 0 Å². The van der Waals surface area contributed by atoms with Crippen molar-refractivity contribution in [1.29, 1.82) is 0 Å². The van der Waals surface area contributed by atoms with Crippen molar-refractivity contribution < 1.29 is 19.7 Å². The van der Waals surface area contributed by atoms with Crippen LogP contribution >= 0.6 is 0 Å². The van der Waals surface area contributed by atoms with Crippen LogP contribution in [0.25, 0.3) is 11.1 Å². The molecule has 4 heteroatoms. The second-order valence-corrected chi connectivity index (χ2v) is 4.01. The summed E-state index contributed by atoms with van der Waals surface area (Å²) in [7, 11) is 3.13. The van der Waals surface area contributed by atoms with Gasteiger partial charge in [-0.05, 0) is 23.8 Å². The van der Waals surface area contributed by atoms with Gasteiger partial charge in [-0.1, -0.05) is 12.1 Å². The Morgan fingerprint density at radius 1 is 1.05 bits per heavy atom. The minimum Gasteiger partial charge on any atom is -0.497 e. The van der Waals surface area contributed by atoms with Gasteiger partial charge >= 0.3 is 0 Å². The molecule has 99 valence electrons. The molecule has 1 radical (unpaired) electrons. The van der Waals surface area contributed by atoms with E-state index in [1.165, 1.54) is 6.07 Å². The molecule has 0 aliphatic carbocycles. The third kappa shape index (κ3) is 2.48. The highest BCUT2D eigenvalue weighted by Crippen LogP contribution is 2.37. The fourth-order valence-corrected chi connectivity index (χ4v) is 2.00. The van der Waals surface area contributed by atoms with E-state index >= 15 is 0 Å². The van der Waals surface area contributed by atoms with E-state index in [4.69, 9.17) is 9.47 Å². The molecular weight excluding hydrogens is 244 g/mol. The SMILES string of the molecule is COc1ccc(-c2cccc([O])c2CO)c(OC)c1. The predicted molar refractivity (Wildman–Crippen MR) is 71.0 cm³/mol. The van der Waals surface area contributed by atoms with Crippen LogP contribution in [0.4, 0.5) is 0 Å². The third-order valence-corrected chi connectivity index (χ3v) is 2.99. The lowest BCUT2D eigenvalue weighted by atomic mass is 9.98. The molecule has 0 aliphatic heterocycles. The number of aliphatic hydroxyl groups excluding tert-OH is 1. The highest BCUT2D eigenvalue weighted by atomic mass is 16.5. The van der Waals surface area contributed by atoms with Crippen LogP contribution in [0.15, 0.2) is 36.4 Å². The molecule has 0 fully saturated rings. The fraction of sp³-hybridized carbons (Fsp3) is 0.200. The fourth-order valence-electron chi connectivity index (χ4n) is 2.00. The van der Waals surface area contributed by atoms with E-state index in [1.807, 2.05) is 6.07 Å². The summed E-state index contributed by atoms with van der Waals surface area (Å²) in [6, 6.07) is 10.2. The van der Waals surface area contributed by atoms with E-state index in [0.29, 0.717) is 22.6 Å². The summed E-state index contributed by atoms with van der Waals surface area (Å²) in [5, 5.41) is 21.1. The molecule has 0 bridgehead atoms. The van der Waals surface area contributed by atoms with Gasteiger partial charge in [-0.3, -0.25) is 5.11 Å². The van der Waals surface area contributed by atoms with Crippen LogP contribution in [-0.2, 0) is 11.7 Å². The van der Waals surface area contributed by atoms with Gasteiger partial charge in [-0.15, -0.1) is 0 Å². The molecule has 19 heavy (non-hydrogen) atoms. The van der Waals surface area contributed by atoms with Crippen LogP contribution < -0.4 is 9.47 Å². The molecule has 0 spiro atoms. The van der Waals surface area contributed by atoms with Gasteiger partial charge in [0.25, 0.3) is 0 Å². The molecule has 4 nitrogen and oxygen atoms in total. The summed E-state index contributed by atoms with van der Waals surface area (Å²) in [6.45, 7) is -0.301. The number of hydrogen-bond donors (Lipinski definition) is 1. The molecule has 1 N–H and O–H groups in total. The number of aliphatic hydroxyl groups is 1. The van der Waals surface area contributed by atoms with Crippen molar-refractivity contribution in [3.05, 3.63) is 42.0 Å². The van der Waals surface area contributed by atoms with Gasteiger partial charge in [0.05, 0.1) is 20.8 Å². The summed E-state index contributed by atoms with van der Waals surface area (Å²) >= 11 is 0. The monoisotopic (exact) mass is 259 g/mol. The minimum atomic E-state index is -0.301. The molecule has 0 amide bonds. The van der Waals surface area contributed by atoms with Crippen LogP contribution in [0.5, 0.6) is 17.2 Å². The summed E-state index contributed by atoms with van der Waals surface area (Å²) < 4.78 is 10.5. The molecular formula is C15H15O4. The van der Waals surface area contributed by atoms with Crippen molar-refractivity contribution in [2.24, 2.45) is 0 Å². The van der Waals surface area contributed by atoms with Crippen molar-refractivity contribution >= 4 is 0 Å². The van der Waals surface area contributed by atoms with E-state index in [-0.39, 0.29) is 12.4 Å². The van der Waals surface area contributed by atoms with Crippen molar-refractivity contribution in [3.63, 3.8) is 0 Å². The smallest absolute Gasteiger partial charge is 0.184 e. The largest absolute Gasteiger partial charge is 0.497 e. The van der Waals surface area contributed by atoms with Gasteiger partial charge < -0.3 is 14.6 Å². The average molecular weight is 259 g/mol. The van der Waals surface area contributed by atoms with E-state index < -0.39 is 0 Å². The van der Waals surface area contributed by atoms with Gasteiger partial charge in [0, 0.05) is 17.2 Å². The highest BCUT2D eigenvalue weighted by Gasteiger charge is 2.14. The number of hydrogen-bond acceptors (Lipinski definition) is 3. The standard InChI is InChI=1S/C15H15O4/c1-18-10-6-7-12(15(8-10)19-2)11-4-3-5-14(17)13(11)9-16/h3-8,16H,9H2,1-2H3. The van der Waals surface area contributed by atoms with Crippen LogP contribution in [0.3, 0.4) is 0 Å². The molecule has 2 aromatic rings. The summed E-state index contributed by atoms with van der Waals surface area (Å²) in [5.41, 5.74) is 1.80. The highest BCUT2D eigenvalue weighted by molar-refractivity contribution is 5.76. The van der Waals surface area contributed by atoms with E-state index in [9.17, 15) is 10.2 Å². The molecule has 0 aliphatic rings. The van der Waals surface area contributed by atoms with Gasteiger partial charge in [0.15, 0.2) is 5.75 Å². The second kappa shape index (κ2) is 5.63. The Balaban J connectivity index is 2.61. The summed E-state index contributed by atoms with van der Waals surface area (Å²) in [6.07, 6.45) is 0. The molecule has 0 aromatic heterocycles. The summed E-state index contributed by atoms with van der Waals surface area (Å²) in [5.74, 6) is 1.09. The normalized spacial score (nSPS) is 10.3. The maximum atomic E-state index is 11.7. The van der Waals surface area contributed by atoms with Crippen molar-refractivity contribution in [2.45, 2.75) is 6.61 Å². The predicted octanol–water partition coefficient (Wildman–Crippen LogP) is 3.01. The molecule has 0 saturated carbocycles. The Bertz CT molecular complexity index is 578. The lowest BCUT2D eigenvalue weighted by molar-refractivity contribution is 0.267. The van der Waals surface area contributed by atoms with Gasteiger partial charge in [-0.25, -0.2) is 0 Å². The zero-order chi connectivity index (χ0) is 13.8. The van der Waals surface area contributed by atoms with E-state index in [0.717, 1.165) is 5.56 Å². The van der Waals surface area contributed by atoms with E-state index in [2.05, 4.69) is 0 Å². The Morgan fingerprint density at radius 2 is 1.84 bits per heavy atom. The Kier molecular flexibility index (Phi) is 3.92. The number of benzene rings is 2. The maximum absolute atomic E-state index is 11.7. The topological polar surface area (TPSA) is 58.6 Å². The van der Waals surface area contributed by atoms with Crippen molar-refractivity contribution in [3.8, 4) is 28.4 Å². The molecule has 0 atom stereocenters. The van der Waals surface area contributed by atoms with Crippen LogP contribution in [0.1, 0.15) is 5.56 Å². The van der Waals surface area contributed by atoms with Crippen LogP contribution in [0, 0.1) is 0 Å². The Hall–Kier alpha value is -2.20. The van der Waals surface area contributed by atoms with Crippen molar-refractivity contribution in [1.82, 2.24) is 0 Å². The first-order valence-electron chi connectivity index (χ1n) is 5.83. The van der Waals surface area contributed by atoms with Gasteiger partial charge in [0.2, 0.25) is 0 Å². The first kappa shape index (κ1) is 13.2. The molecule has 2 aromatic carbocycles. The number of ether oxygens (including phenoxy) is 2. The summed E-state index contributed by atoms with van der Waals surface area (Å²) in [4.78, 5) is 0. The zero-order valence-electron chi connectivity index (χ0n) is 10.8. The minimum absolute atomic E-state index is 0.183. The third-order valence-electron chi connectivity index (χ3n) is 2.99. The number of methoxy groups -OCH3 is 2. The molecule has 0 heterocycles. The Morgan fingerprint density at radius 3 is 2.47 bits per heavy atom. The van der Waals surface area contributed by atoms with Crippen LogP contribution in [0.2, 0.25) is 0 Å². The Labute approximate surface area is 111 Å². The molecule has 2 rings (SSSR count). The van der Waals surface area contributed by atoms with E-state index in [1.54, 1.807) is 38.5 Å². The lowest BCUT2D eigenvalue weighted by Gasteiger charge is -2.13. The van der Waals surface area contributed by atoms with Crippen LogP contribution in [-0.4, -0.2) is 19.3 Å². The van der Waals surface area contributed by atoms with Crippen molar-refractivity contribution in [2.75, 3.05) is 14.2 Å². The molecule has 0 unspecified atom stereocenters. The first-order chi connectivity index (χ1) is 9.21.